The number of nitrogens with one attached hydrogen (secondary N) is 1. The summed E-state index contributed by atoms with van der Waals surface area (Å²) in [6.07, 6.45) is 5.46. The highest BCUT2D eigenvalue weighted by Gasteiger charge is 2.10. The minimum absolute atomic E-state index is 0.380. The largest absolute Gasteiger partial charge is 0.373 e. The Balaban J connectivity index is 2.62. The number of aromatic nitrogens is 1. The van der Waals surface area contributed by atoms with E-state index in [0.29, 0.717) is 6.04 Å². The fraction of sp³-hybridized carbons (Fsp3) is 0.706. The maximum absolute atomic E-state index is 4.65. The van der Waals surface area contributed by atoms with Gasteiger partial charge in [-0.1, -0.05) is 27.7 Å². The third-order valence-electron chi connectivity index (χ3n) is 3.66. The molecular weight excluding hydrogens is 246 g/mol. The first-order chi connectivity index (χ1) is 9.58. The number of nitrogens with zero attached hydrogens (tertiary/aromatic N) is 2. The van der Waals surface area contributed by atoms with Crippen LogP contribution in [0.1, 0.15) is 58.7 Å². The van der Waals surface area contributed by atoms with E-state index in [1.807, 2.05) is 6.20 Å². The quantitative estimate of drug-likeness (QED) is 0.739. The molecule has 0 bridgehead atoms. The molecule has 20 heavy (non-hydrogen) atoms. The molecule has 0 saturated carbocycles. The van der Waals surface area contributed by atoms with E-state index in [1.165, 1.54) is 12.1 Å². The van der Waals surface area contributed by atoms with Gasteiger partial charge >= 0.3 is 0 Å². The molecule has 1 rings (SSSR count). The van der Waals surface area contributed by atoms with E-state index < -0.39 is 0 Å². The second kappa shape index (κ2) is 8.96. The maximum atomic E-state index is 4.65. The zero-order valence-electron chi connectivity index (χ0n) is 13.8. The molecular formula is C17H31N3. The van der Waals surface area contributed by atoms with Gasteiger partial charge in [-0.2, -0.15) is 0 Å². The lowest BCUT2D eigenvalue weighted by Gasteiger charge is -2.21. The minimum Gasteiger partial charge on any atom is -0.373 e. The van der Waals surface area contributed by atoms with E-state index >= 15 is 0 Å². The lowest BCUT2D eigenvalue weighted by atomic mass is 10.1. The van der Waals surface area contributed by atoms with Crippen LogP contribution < -0.4 is 10.2 Å². The molecule has 1 aromatic heterocycles. The fourth-order valence-corrected chi connectivity index (χ4v) is 2.19. The molecule has 1 heterocycles. The Morgan fingerprint density at radius 1 is 1.25 bits per heavy atom. The van der Waals surface area contributed by atoms with Gasteiger partial charge in [-0.25, -0.2) is 0 Å². The molecule has 0 aliphatic heterocycles. The van der Waals surface area contributed by atoms with Crippen molar-refractivity contribution in [2.75, 3.05) is 25.0 Å². The van der Waals surface area contributed by atoms with E-state index in [0.717, 1.165) is 37.5 Å². The topological polar surface area (TPSA) is 28.2 Å². The van der Waals surface area contributed by atoms with Crippen LogP contribution in [-0.4, -0.2) is 25.1 Å². The van der Waals surface area contributed by atoms with Crippen LogP contribution in [0.3, 0.4) is 0 Å². The van der Waals surface area contributed by atoms with Crippen molar-refractivity contribution in [2.24, 2.45) is 5.92 Å². The molecule has 3 nitrogen and oxygen atoms in total. The Hall–Kier alpha value is -1.09. The van der Waals surface area contributed by atoms with Crippen LogP contribution in [0.2, 0.25) is 0 Å². The first-order valence-electron chi connectivity index (χ1n) is 7.98. The van der Waals surface area contributed by atoms with Crippen LogP contribution in [0.4, 0.5) is 5.69 Å². The normalized spacial score (nSPS) is 12.7. The Kier molecular flexibility index (Phi) is 7.60. The first kappa shape index (κ1) is 17.0. The van der Waals surface area contributed by atoms with Crippen LogP contribution in [0.5, 0.6) is 0 Å². The highest BCUT2D eigenvalue weighted by molar-refractivity contribution is 5.43. The van der Waals surface area contributed by atoms with E-state index in [4.69, 9.17) is 0 Å². The van der Waals surface area contributed by atoms with E-state index in [-0.39, 0.29) is 0 Å². The van der Waals surface area contributed by atoms with Gasteiger partial charge in [0.2, 0.25) is 0 Å². The molecule has 3 heteroatoms. The molecule has 0 radical (unpaired) electrons. The van der Waals surface area contributed by atoms with Gasteiger partial charge in [0.1, 0.15) is 0 Å². The van der Waals surface area contributed by atoms with Gasteiger partial charge in [0.25, 0.3) is 0 Å². The number of anilines is 1. The zero-order chi connectivity index (χ0) is 15.0. The predicted octanol–water partition coefficient (Wildman–Crippen LogP) is 4.01. The monoisotopic (exact) mass is 277 g/mol. The SMILES string of the molecule is CCCNC(CC)c1ccc(N(C)CCC(C)C)cn1. The molecule has 0 aliphatic rings. The molecule has 1 unspecified atom stereocenters. The number of pyridine rings is 1. The molecule has 0 fully saturated rings. The van der Waals surface area contributed by atoms with Crippen LogP contribution in [0.15, 0.2) is 18.3 Å². The summed E-state index contributed by atoms with van der Waals surface area (Å²) in [5.41, 5.74) is 2.36. The van der Waals surface area contributed by atoms with Crippen molar-refractivity contribution < 1.29 is 0 Å². The summed E-state index contributed by atoms with van der Waals surface area (Å²) in [6, 6.07) is 4.74. The summed E-state index contributed by atoms with van der Waals surface area (Å²) in [7, 11) is 2.14. The van der Waals surface area contributed by atoms with Crippen molar-refractivity contribution in [2.45, 2.75) is 53.0 Å². The van der Waals surface area contributed by atoms with Crippen molar-refractivity contribution in [3.05, 3.63) is 24.0 Å². The lowest BCUT2D eigenvalue weighted by Crippen LogP contribution is -2.23. The standard InChI is InChI=1S/C17H31N3/c1-6-11-18-16(7-2)17-9-8-15(13-19-17)20(5)12-10-14(3)4/h8-9,13-14,16,18H,6-7,10-12H2,1-5H3. The van der Waals surface area contributed by atoms with Crippen LogP contribution in [-0.2, 0) is 0 Å². The molecule has 0 saturated heterocycles. The van der Waals surface area contributed by atoms with Crippen molar-refractivity contribution in [3.8, 4) is 0 Å². The molecule has 1 aromatic rings. The average Bonchev–Trinajstić information content (AvgIpc) is 2.46. The number of rotatable bonds is 9. The molecule has 0 spiro atoms. The Bertz CT molecular complexity index is 359. The van der Waals surface area contributed by atoms with E-state index in [9.17, 15) is 0 Å². The smallest absolute Gasteiger partial charge is 0.0574 e. The second-order valence-corrected chi connectivity index (χ2v) is 5.96. The Labute approximate surface area is 124 Å². The second-order valence-electron chi connectivity index (χ2n) is 5.96. The Morgan fingerprint density at radius 3 is 2.50 bits per heavy atom. The summed E-state index contributed by atoms with van der Waals surface area (Å²) in [4.78, 5) is 6.94. The Morgan fingerprint density at radius 2 is 2.00 bits per heavy atom. The highest BCUT2D eigenvalue weighted by atomic mass is 15.1. The van der Waals surface area contributed by atoms with Gasteiger partial charge in [-0.15, -0.1) is 0 Å². The van der Waals surface area contributed by atoms with Gasteiger partial charge in [0.05, 0.1) is 17.6 Å². The molecule has 0 aromatic carbocycles. The third kappa shape index (κ3) is 5.49. The van der Waals surface area contributed by atoms with Gasteiger partial charge in [0, 0.05) is 19.6 Å². The summed E-state index contributed by atoms with van der Waals surface area (Å²) < 4.78 is 0. The van der Waals surface area contributed by atoms with Crippen LogP contribution in [0, 0.1) is 5.92 Å². The van der Waals surface area contributed by atoms with Crippen molar-refractivity contribution >= 4 is 5.69 Å². The van der Waals surface area contributed by atoms with Gasteiger partial charge in [-0.3, -0.25) is 4.98 Å². The molecule has 1 atom stereocenters. The van der Waals surface area contributed by atoms with Crippen molar-refractivity contribution in [1.82, 2.24) is 10.3 Å². The van der Waals surface area contributed by atoms with Crippen LogP contribution >= 0.6 is 0 Å². The van der Waals surface area contributed by atoms with Crippen molar-refractivity contribution in [3.63, 3.8) is 0 Å². The number of hydrogen-bond acceptors (Lipinski definition) is 3. The molecule has 114 valence electrons. The summed E-state index contributed by atoms with van der Waals surface area (Å²) in [5, 5.41) is 3.55. The lowest BCUT2D eigenvalue weighted by molar-refractivity contribution is 0.507. The van der Waals surface area contributed by atoms with Gasteiger partial charge in [0.15, 0.2) is 0 Å². The van der Waals surface area contributed by atoms with Crippen molar-refractivity contribution in [1.29, 1.82) is 0 Å². The van der Waals surface area contributed by atoms with E-state index in [2.05, 4.69) is 62.1 Å². The summed E-state index contributed by atoms with van der Waals surface area (Å²) >= 11 is 0. The average molecular weight is 277 g/mol. The zero-order valence-corrected chi connectivity index (χ0v) is 13.8. The van der Waals surface area contributed by atoms with E-state index in [1.54, 1.807) is 0 Å². The van der Waals surface area contributed by atoms with Crippen LogP contribution in [0.25, 0.3) is 0 Å². The van der Waals surface area contributed by atoms with Gasteiger partial charge in [-0.05, 0) is 43.9 Å². The highest BCUT2D eigenvalue weighted by Crippen LogP contribution is 2.18. The summed E-state index contributed by atoms with van der Waals surface area (Å²) in [5.74, 6) is 0.743. The maximum Gasteiger partial charge on any atom is 0.0574 e. The molecule has 0 amide bonds. The fourth-order valence-electron chi connectivity index (χ4n) is 2.19. The molecule has 1 N–H and O–H groups in total. The third-order valence-corrected chi connectivity index (χ3v) is 3.66. The van der Waals surface area contributed by atoms with Gasteiger partial charge < -0.3 is 10.2 Å². The molecule has 0 aliphatic carbocycles. The minimum atomic E-state index is 0.380. The first-order valence-corrected chi connectivity index (χ1v) is 7.98. The predicted molar refractivity (Wildman–Crippen MR) is 88.3 cm³/mol. The number of hydrogen-bond donors (Lipinski definition) is 1. The summed E-state index contributed by atoms with van der Waals surface area (Å²) in [6.45, 7) is 11.1.